The van der Waals surface area contributed by atoms with Crippen molar-refractivity contribution in [2.75, 3.05) is 77.5 Å². The number of fused-ring (bicyclic) bond motifs is 1. The van der Waals surface area contributed by atoms with Gasteiger partial charge >= 0.3 is 0 Å². The average molecular weight is 1000 g/mol. The number of hydrogen-bond donors (Lipinski definition) is 6. The predicted molar refractivity (Wildman–Crippen MR) is 250 cm³/mol. The second-order valence-corrected chi connectivity index (χ2v) is 24.1. The molecule has 69 heavy (non-hydrogen) atoms. The van der Waals surface area contributed by atoms with Crippen LogP contribution in [0.3, 0.4) is 0 Å². The van der Waals surface area contributed by atoms with Crippen molar-refractivity contribution in [2.45, 2.75) is 113 Å². The highest BCUT2D eigenvalue weighted by Gasteiger charge is 2.56. The van der Waals surface area contributed by atoms with Crippen molar-refractivity contribution in [2.24, 2.45) is 47.3 Å². The summed E-state index contributed by atoms with van der Waals surface area (Å²) in [6, 6.07) is -0.712. The van der Waals surface area contributed by atoms with E-state index in [-0.39, 0.29) is 79.7 Å². The highest BCUT2D eigenvalue weighted by Crippen LogP contribution is 2.44. The van der Waals surface area contributed by atoms with Gasteiger partial charge in [0.15, 0.2) is 0 Å². The monoisotopic (exact) mass is 1000 g/mol. The molecule has 0 aromatic rings. The van der Waals surface area contributed by atoms with Gasteiger partial charge in [-0.2, -0.15) is 0 Å². The fourth-order valence-corrected chi connectivity index (χ4v) is 14.8. The van der Waals surface area contributed by atoms with Crippen LogP contribution in [-0.2, 0) is 53.1 Å². The zero-order valence-corrected chi connectivity index (χ0v) is 41.2. The van der Waals surface area contributed by atoms with Crippen LogP contribution in [0.4, 0.5) is 0 Å². The fourth-order valence-electron chi connectivity index (χ4n) is 12.7. The molecule has 6 aliphatic heterocycles. The van der Waals surface area contributed by atoms with Crippen LogP contribution in [0.5, 0.6) is 0 Å². The summed E-state index contributed by atoms with van der Waals surface area (Å²) >= 11 is 1.69. The molecule has 13 atom stereocenters. The molecular formula is C46H70N10O11S2. The van der Waals surface area contributed by atoms with Gasteiger partial charge in [-0.3, -0.25) is 58.8 Å². The Morgan fingerprint density at radius 3 is 2.36 bits per heavy atom. The molecule has 0 aromatic heterocycles. The van der Waals surface area contributed by atoms with Gasteiger partial charge in [-0.25, -0.2) is 12.7 Å². The normalized spacial score (nSPS) is 36.7. The highest BCUT2D eigenvalue weighted by molar-refractivity contribution is 8.00. The van der Waals surface area contributed by atoms with Crippen LogP contribution < -0.4 is 31.9 Å². The summed E-state index contributed by atoms with van der Waals surface area (Å²) in [7, 11) is -3.35. The van der Waals surface area contributed by atoms with Crippen LogP contribution in [-0.4, -0.2) is 182 Å². The standard InChI is InChI=1S/C46H70N10O11S2/c1-69(65,66)55-13-11-29(23-55)41(60)49-22-38(58)52-46-50-33(25-68-46)28-5-2-4-26(18-28)27-10-12-47-36(20-27)53-14-16-54(17-15-53)43(62)32-19-30(32)21-48-39(59)24-67-35-7-3-6-31-40(35)45(64)56(44(31)63)34-8-9-37(57)51-42(34)61/h26-36,40,46-47,50H,2-25H2,1H3,(H,48,59)(H,49,60)(H,52,58)(H,51,57,61). The van der Waals surface area contributed by atoms with E-state index in [4.69, 9.17) is 4.74 Å². The van der Waals surface area contributed by atoms with Gasteiger partial charge in [0.2, 0.25) is 57.3 Å². The maximum atomic E-state index is 13.6. The molecule has 382 valence electrons. The van der Waals surface area contributed by atoms with Crippen LogP contribution in [0.2, 0.25) is 0 Å². The topological polar surface area (TPSA) is 265 Å². The van der Waals surface area contributed by atoms with E-state index in [0.717, 1.165) is 68.6 Å². The van der Waals surface area contributed by atoms with Crippen LogP contribution in [0.25, 0.3) is 0 Å². The Morgan fingerprint density at radius 2 is 1.59 bits per heavy atom. The summed E-state index contributed by atoms with van der Waals surface area (Å²) in [6.45, 7) is 4.31. The minimum Gasteiger partial charge on any atom is -0.368 e. The molecule has 9 fully saturated rings. The number of nitrogens with zero attached hydrogens (tertiary/aromatic N) is 4. The number of carbonyl (C=O) groups is 8. The van der Waals surface area contributed by atoms with Crippen molar-refractivity contribution in [3.8, 4) is 0 Å². The Hall–Kier alpha value is -3.74. The van der Waals surface area contributed by atoms with Gasteiger partial charge in [0.1, 0.15) is 18.1 Å². The first kappa shape index (κ1) is 50.2. The van der Waals surface area contributed by atoms with E-state index in [2.05, 4.69) is 36.8 Å². The third-order valence-corrected chi connectivity index (χ3v) is 19.1. The van der Waals surface area contributed by atoms with Crippen molar-refractivity contribution < 1.29 is 51.5 Å². The Kier molecular flexibility index (Phi) is 15.7. The molecule has 6 heterocycles. The summed E-state index contributed by atoms with van der Waals surface area (Å²) in [5.41, 5.74) is -0.222. The molecule has 13 unspecified atom stereocenters. The molecule has 0 aromatic carbocycles. The second kappa shape index (κ2) is 21.5. The third kappa shape index (κ3) is 11.6. The molecule has 0 bridgehead atoms. The first-order valence-electron chi connectivity index (χ1n) is 25.4. The van der Waals surface area contributed by atoms with E-state index in [1.54, 1.807) is 11.8 Å². The smallest absolute Gasteiger partial charge is 0.249 e. The first-order chi connectivity index (χ1) is 33.1. The van der Waals surface area contributed by atoms with Crippen molar-refractivity contribution in [1.82, 2.24) is 50.9 Å². The molecule has 0 spiro atoms. The van der Waals surface area contributed by atoms with E-state index in [1.165, 1.54) is 17.1 Å². The molecule has 21 nitrogen and oxygen atoms in total. The summed E-state index contributed by atoms with van der Waals surface area (Å²) < 4.78 is 30.9. The van der Waals surface area contributed by atoms with Crippen molar-refractivity contribution >= 4 is 69.0 Å². The maximum Gasteiger partial charge on any atom is 0.249 e. The Balaban J connectivity index is 0.651. The van der Waals surface area contributed by atoms with Crippen molar-refractivity contribution in [3.05, 3.63) is 0 Å². The molecule has 23 heteroatoms. The molecule has 9 rings (SSSR count). The number of rotatable bonds is 15. The lowest BCUT2D eigenvalue weighted by molar-refractivity contribution is -0.152. The van der Waals surface area contributed by atoms with Crippen LogP contribution >= 0.6 is 11.8 Å². The fraction of sp³-hybridized carbons (Fsp3) is 0.826. The summed E-state index contributed by atoms with van der Waals surface area (Å²) in [4.78, 5) is 108. The number of piperidine rings is 2. The van der Waals surface area contributed by atoms with Crippen molar-refractivity contribution in [3.63, 3.8) is 0 Å². The van der Waals surface area contributed by atoms with Gasteiger partial charge in [0.05, 0.1) is 42.8 Å². The number of likely N-dealkylation sites (tertiary alicyclic amines) is 1. The zero-order valence-electron chi connectivity index (χ0n) is 39.6. The van der Waals surface area contributed by atoms with Gasteiger partial charge in [0.25, 0.3) is 0 Å². The number of thioether (sulfide) groups is 1. The number of amides is 8. The van der Waals surface area contributed by atoms with E-state index in [0.29, 0.717) is 75.7 Å². The lowest BCUT2D eigenvalue weighted by atomic mass is 9.70. The van der Waals surface area contributed by atoms with Gasteiger partial charge in [0, 0.05) is 69.9 Å². The van der Waals surface area contributed by atoms with Crippen molar-refractivity contribution in [1.29, 1.82) is 0 Å². The molecule has 0 radical (unpaired) electrons. The number of ether oxygens (including phenoxy) is 1. The summed E-state index contributed by atoms with van der Waals surface area (Å²) in [5, 5.41) is 18.3. The zero-order chi connectivity index (χ0) is 48.6. The van der Waals surface area contributed by atoms with E-state index in [9.17, 15) is 46.8 Å². The predicted octanol–water partition coefficient (Wildman–Crippen LogP) is -1.51. The molecular weight excluding hydrogens is 933 g/mol. The number of piperazine rings is 1. The molecule has 3 aliphatic carbocycles. The third-order valence-electron chi connectivity index (χ3n) is 16.7. The number of nitrogens with one attached hydrogen (secondary N) is 6. The second-order valence-electron chi connectivity index (χ2n) is 21.0. The van der Waals surface area contributed by atoms with Gasteiger partial charge in [-0.1, -0.05) is 19.3 Å². The van der Waals surface area contributed by atoms with E-state index >= 15 is 0 Å². The number of sulfonamides is 1. The molecule has 6 saturated heterocycles. The van der Waals surface area contributed by atoms with Crippen LogP contribution in [0.15, 0.2) is 0 Å². The number of carbonyl (C=O) groups excluding carboxylic acids is 8. The maximum absolute atomic E-state index is 13.6. The van der Waals surface area contributed by atoms with Crippen LogP contribution in [0, 0.1) is 47.3 Å². The number of hydrogen-bond acceptors (Lipinski definition) is 15. The highest BCUT2D eigenvalue weighted by atomic mass is 32.2. The minimum atomic E-state index is -3.35. The van der Waals surface area contributed by atoms with Gasteiger partial charge < -0.3 is 30.9 Å². The quantitative estimate of drug-likeness (QED) is 0.102. The minimum absolute atomic E-state index is 0.0533. The number of imide groups is 2. The molecule has 6 N–H and O–H groups in total. The molecule has 9 aliphatic rings. The van der Waals surface area contributed by atoms with E-state index < -0.39 is 63.6 Å². The SMILES string of the molecule is CS(=O)(=O)N1CCC(C(=O)NCC(=O)NC2NC(C3CCCC(C4CCNC(N5CCN(C(=O)C6CC6CNC(=O)COC6CCCC7C(=O)N(C8CCC(=O)NC8=O)C(=O)C67)CC5)C4)C3)CS2)C1. The summed E-state index contributed by atoms with van der Waals surface area (Å²) in [6.07, 6.45) is 10.7. The summed E-state index contributed by atoms with van der Waals surface area (Å²) in [5.74, 6) is -1.95. The molecule has 3 saturated carbocycles. The van der Waals surface area contributed by atoms with E-state index in [1.807, 2.05) is 4.90 Å². The van der Waals surface area contributed by atoms with Gasteiger partial charge in [-0.15, -0.1) is 11.8 Å². The van der Waals surface area contributed by atoms with Gasteiger partial charge in [-0.05, 0) is 88.0 Å². The lowest BCUT2D eigenvalue weighted by Crippen LogP contribution is -2.58. The van der Waals surface area contributed by atoms with Crippen LogP contribution in [0.1, 0.15) is 83.5 Å². The Morgan fingerprint density at radius 1 is 0.826 bits per heavy atom. The average Bonchev–Trinajstić information content (AvgIpc) is 3.58. The Bertz CT molecular complexity index is 2130. The first-order valence-corrected chi connectivity index (χ1v) is 28.3. The molecule has 8 amide bonds. The lowest BCUT2D eigenvalue weighted by Gasteiger charge is -2.45. The largest absolute Gasteiger partial charge is 0.368 e. The Labute approximate surface area is 408 Å².